The van der Waals surface area contributed by atoms with Crippen LogP contribution in [-0.4, -0.2) is 110 Å². The Hall–Kier alpha value is 0.0700. The summed E-state index contributed by atoms with van der Waals surface area (Å²) in [7, 11) is 0. The number of aliphatic hydroxyl groups excluding tert-OH is 7. The average Bonchev–Trinajstić information content (AvgIpc) is 2.54. The van der Waals surface area contributed by atoms with Gasteiger partial charge < -0.3 is 59.9 Å². The molecule has 10 atom stereocenters. The Kier molecular flexibility index (Phi) is 8.62. The maximum absolute atomic E-state index is 10.9. The third-order valence-corrected chi connectivity index (χ3v) is 3.93. The largest absolute Gasteiger partial charge is 1.00 e. The molecule has 0 bridgehead atoms. The Labute approximate surface area is 163 Å². The summed E-state index contributed by atoms with van der Waals surface area (Å²) in [5.41, 5.74) is 0. The number of carboxylic acids is 1. The van der Waals surface area contributed by atoms with Gasteiger partial charge in [0.25, 0.3) is 0 Å². The van der Waals surface area contributed by atoms with Crippen LogP contribution in [0, 0.1) is 0 Å². The molecule has 2 fully saturated rings. The predicted octanol–water partition coefficient (Wildman–Crippen LogP) is -9.64. The van der Waals surface area contributed by atoms with Gasteiger partial charge in [0.1, 0.15) is 48.8 Å². The summed E-state index contributed by atoms with van der Waals surface area (Å²) in [6.07, 6.45) is -18.2. The van der Waals surface area contributed by atoms with Crippen LogP contribution in [0.5, 0.6) is 0 Å². The zero-order valence-electron chi connectivity index (χ0n) is 13.2. The molecule has 140 valence electrons. The molecule has 10 unspecified atom stereocenters. The van der Waals surface area contributed by atoms with Crippen LogP contribution in [0.4, 0.5) is 0 Å². The number of hydrogen-bond donors (Lipinski definition) is 7. The van der Waals surface area contributed by atoms with Gasteiger partial charge in [-0.05, 0) is 0 Å². The molecule has 0 radical (unpaired) electrons. The SMILES string of the molecule is O=C([O-])C1OC(OC2C(O)C(O)OC(CO)C2O)C(O)C(O)C1O.[Na+]. The van der Waals surface area contributed by atoms with Crippen LogP contribution in [0.1, 0.15) is 0 Å². The van der Waals surface area contributed by atoms with E-state index >= 15 is 0 Å². The monoisotopic (exact) mass is 378 g/mol. The van der Waals surface area contributed by atoms with Gasteiger partial charge in [-0.2, -0.15) is 0 Å². The number of ether oxygens (including phenoxy) is 3. The van der Waals surface area contributed by atoms with Crippen molar-refractivity contribution >= 4 is 5.97 Å². The molecular weight excluding hydrogens is 359 g/mol. The van der Waals surface area contributed by atoms with E-state index in [1.807, 2.05) is 0 Å². The van der Waals surface area contributed by atoms with Crippen LogP contribution in [0.15, 0.2) is 0 Å². The molecule has 13 heteroatoms. The molecule has 2 aliphatic rings. The van der Waals surface area contributed by atoms with Gasteiger partial charge in [-0.3, -0.25) is 0 Å². The van der Waals surface area contributed by atoms with Crippen LogP contribution in [0.25, 0.3) is 0 Å². The van der Waals surface area contributed by atoms with E-state index in [-0.39, 0.29) is 29.6 Å². The van der Waals surface area contributed by atoms with E-state index in [0.717, 1.165) is 0 Å². The van der Waals surface area contributed by atoms with Crippen molar-refractivity contribution in [3.8, 4) is 0 Å². The smallest absolute Gasteiger partial charge is 0.547 e. The molecule has 0 aromatic heterocycles. The normalized spacial score (nSPS) is 47.8. The van der Waals surface area contributed by atoms with Gasteiger partial charge in [-0.25, -0.2) is 0 Å². The molecule has 0 saturated carbocycles. The average molecular weight is 378 g/mol. The van der Waals surface area contributed by atoms with Crippen LogP contribution >= 0.6 is 0 Å². The second kappa shape index (κ2) is 9.32. The Morgan fingerprint density at radius 3 is 2.04 bits per heavy atom. The molecule has 2 heterocycles. The van der Waals surface area contributed by atoms with Gasteiger partial charge in [0.15, 0.2) is 12.6 Å². The second-order valence-corrected chi connectivity index (χ2v) is 5.55. The first-order valence-electron chi connectivity index (χ1n) is 7.05. The van der Waals surface area contributed by atoms with E-state index < -0.39 is 74.0 Å². The summed E-state index contributed by atoms with van der Waals surface area (Å²) in [5.74, 6) is -1.89. The van der Waals surface area contributed by atoms with Crippen LogP contribution < -0.4 is 34.7 Å². The molecular formula is C12H19NaO12. The minimum Gasteiger partial charge on any atom is -0.547 e. The first kappa shape index (κ1) is 23.1. The summed E-state index contributed by atoms with van der Waals surface area (Å²) in [5, 5.41) is 78.3. The Bertz CT molecular complexity index is 452. The Morgan fingerprint density at radius 2 is 1.52 bits per heavy atom. The minimum absolute atomic E-state index is 0. The second-order valence-electron chi connectivity index (χ2n) is 5.55. The van der Waals surface area contributed by atoms with Gasteiger partial charge in [0, 0.05) is 0 Å². The van der Waals surface area contributed by atoms with E-state index in [2.05, 4.69) is 0 Å². The van der Waals surface area contributed by atoms with Crippen LogP contribution in [-0.2, 0) is 19.0 Å². The third-order valence-electron chi connectivity index (χ3n) is 3.93. The minimum atomic E-state index is -2.04. The van der Waals surface area contributed by atoms with Gasteiger partial charge in [-0.15, -0.1) is 0 Å². The Morgan fingerprint density at radius 1 is 0.920 bits per heavy atom. The van der Waals surface area contributed by atoms with Crippen molar-refractivity contribution < 1.29 is 89.4 Å². The summed E-state index contributed by atoms with van der Waals surface area (Å²) < 4.78 is 14.6. The number of aliphatic hydroxyl groups is 7. The fourth-order valence-electron chi connectivity index (χ4n) is 2.54. The van der Waals surface area contributed by atoms with Crippen molar-refractivity contribution in [3.63, 3.8) is 0 Å². The van der Waals surface area contributed by atoms with Crippen molar-refractivity contribution in [1.29, 1.82) is 0 Å². The number of carbonyl (C=O) groups excluding carboxylic acids is 1. The number of carboxylic acid groups (broad SMARTS) is 1. The summed E-state index contributed by atoms with van der Waals surface area (Å²) in [4.78, 5) is 10.9. The first-order valence-corrected chi connectivity index (χ1v) is 7.05. The van der Waals surface area contributed by atoms with E-state index in [9.17, 15) is 40.5 Å². The summed E-state index contributed by atoms with van der Waals surface area (Å²) >= 11 is 0. The zero-order chi connectivity index (χ0) is 18.2. The van der Waals surface area contributed by atoms with Crippen molar-refractivity contribution in [2.45, 2.75) is 61.4 Å². The van der Waals surface area contributed by atoms with Crippen LogP contribution in [0.3, 0.4) is 0 Å². The number of aliphatic carboxylic acids is 1. The van der Waals surface area contributed by atoms with Gasteiger partial charge in [-0.1, -0.05) is 0 Å². The standard InChI is InChI=1S/C12H20O12.Na/c13-1-2-3(14)8(7(18)11(21)22-2)23-12-6(17)4(15)5(16)9(24-12)10(19)20;/h2-9,11-18,21H,1H2,(H,19,20);/q;+1/p-1. The molecule has 12 nitrogen and oxygen atoms in total. The predicted molar refractivity (Wildman–Crippen MR) is 66.5 cm³/mol. The molecule has 0 aromatic rings. The van der Waals surface area contributed by atoms with E-state index in [0.29, 0.717) is 0 Å². The number of carbonyl (C=O) groups is 1. The molecule has 0 amide bonds. The van der Waals surface area contributed by atoms with Gasteiger partial charge in [0.05, 0.1) is 12.6 Å². The molecule has 0 aliphatic carbocycles. The van der Waals surface area contributed by atoms with E-state index in [1.54, 1.807) is 0 Å². The van der Waals surface area contributed by atoms with Crippen molar-refractivity contribution in [3.05, 3.63) is 0 Å². The fourth-order valence-corrected chi connectivity index (χ4v) is 2.54. The van der Waals surface area contributed by atoms with Gasteiger partial charge in [0.2, 0.25) is 0 Å². The fraction of sp³-hybridized carbons (Fsp3) is 0.917. The molecule has 2 saturated heterocycles. The van der Waals surface area contributed by atoms with Crippen molar-refractivity contribution in [1.82, 2.24) is 0 Å². The number of hydrogen-bond acceptors (Lipinski definition) is 12. The van der Waals surface area contributed by atoms with E-state index in [4.69, 9.17) is 19.3 Å². The molecule has 0 spiro atoms. The number of rotatable bonds is 4. The molecule has 2 rings (SSSR count). The quantitative estimate of drug-likeness (QED) is 0.227. The molecule has 25 heavy (non-hydrogen) atoms. The Balaban J connectivity index is 0.00000312. The maximum atomic E-state index is 10.9. The molecule has 0 aromatic carbocycles. The first-order chi connectivity index (χ1) is 11.2. The van der Waals surface area contributed by atoms with Crippen molar-refractivity contribution in [2.75, 3.05) is 6.61 Å². The van der Waals surface area contributed by atoms with Crippen LogP contribution in [0.2, 0.25) is 0 Å². The van der Waals surface area contributed by atoms with Gasteiger partial charge >= 0.3 is 29.6 Å². The molecule has 7 N–H and O–H groups in total. The summed E-state index contributed by atoms with van der Waals surface area (Å²) in [6, 6.07) is 0. The topological polar surface area (TPSA) is 209 Å². The van der Waals surface area contributed by atoms with E-state index in [1.165, 1.54) is 0 Å². The third kappa shape index (κ3) is 4.68. The summed E-state index contributed by atoms with van der Waals surface area (Å²) in [6.45, 7) is -0.734. The molecule has 2 aliphatic heterocycles. The maximum Gasteiger partial charge on any atom is 1.00 e. The van der Waals surface area contributed by atoms with Crippen molar-refractivity contribution in [2.24, 2.45) is 0 Å². The zero-order valence-corrected chi connectivity index (χ0v) is 15.2.